The summed E-state index contributed by atoms with van der Waals surface area (Å²) in [6, 6.07) is 13.8. The fourth-order valence-corrected chi connectivity index (χ4v) is 2.30. The summed E-state index contributed by atoms with van der Waals surface area (Å²) in [4.78, 5) is 2.06. The first-order valence-corrected chi connectivity index (χ1v) is 6.56. The second-order valence-electron chi connectivity index (χ2n) is 4.56. The third-order valence-corrected chi connectivity index (χ3v) is 3.35. The Balaban J connectivity index is 2.10. The Hall–Kier alpha value is -2.36. The number of ether oxygens (including phenoxy) is 3. The molecule has 4 nitrogen and oxygen atoms in total. The van der Waals surface area contributed by atoms with Gasteiger partial charge in [-0.25, -0.2) is 0 Å². The van der Waals surface area contributed by atoms with Crippen LogP contribution in [0, 0.1) is 0 Å². The molecule has 0 saturated carbocycles. The van der Waals surface area contributed by atoms with Gasteiger partial charge in [-0.15, -0.1) is 0 Å². The zero-order valence-electron chi connectivity index (χ0n) is 11.6. The van der Waals surface area contributed by atoms with Crippen molar-refractivity contribution in [3.05, 3.63) is 42.5 Å². The highest BCUT2D eigenvalue weighted by Gasteiger charge is 2.17. The van der Waals surface area contributed by atoms with Gasteiger partial charge >= 0.3 is 0 Å². The highest BCUT2D eigenvalue weighted by atomic mass is 16.5. The smallest absolute Gasteiger partial charge is 0.146 e. The van der Waals surface area contributed by atoms with Crippen LogP contribution < -0.4 is 19.1 Å². The number of rotatable bonds is 1. The van der Waals surface area contributed by atoms with E-state index in [1.807, 2.05) is 49.5 Å². The molecule has 0 aromatic heterocycles. The van der Waals surface area contributed by atoms with Gasteiger partial charge in [0.15, 0.2) is 0 Å². The Kier molecular flexibility index (Phi) is 3.37. The van der Waals surface area contributed by atoms with Gasteiger partial charge in [0, 0.05) is 13.1 Å². The molecule has 1 heterocycles. The minimum Gasteiger partial charge on any atom is -0.497 e. The van der Waals surface area contributed by atoms with Crippen LogP contribution in [0.2, 0.25) is 0 Å². The van der Waals surface area contributed by atoms with Gasteiger partial charge in [0.05, 0.1) is 18.5 Å². The lowest BCUT2D eigenvalue weighted by Gasteiger charge is -2.23. The molecule has 0 saturated heterocycles. The predicted molar refractivity (Wildman–Crippen MR) is 78.5 cm³/mol. The summed E-state index contributed by atoms with van der Waals surface area (Å²) in [6.07, 6.45) is 0. The number of hydrogen-bond donors (Lipinski definition) is 0. The standard InChI is InChI=1S/C16H17NO3/c1-17-13-5-3-4-6-15(13)19-9-10-20-16-11-12(18-2)7-8-14(16)17/h3-8,11H,9-10H2,1-2H3. The van der Waals surface area contributed by atoms with E-state index in [9.17, 15) is 0 Å². The second kappa shape index (κ2) is 5.33. The Morgan fingerprint density at radius 2 is 1.65 bits per heavy atom. The van der Waals surface area contributed by atoms with Crippen molar-refractivity contribution in [2.75, 3.05) is 32.3 Å². The maximum atomic E-state index is 5.81. The van der Waals surface area contributed by atoms with E-state index in [4.69, 9.17) is 14.2 Å². The van der Waals surface area contributed by atoms with Crippen LogP contribution in [0.1, 0.15) is 0 Å². The molecule has 0 amide bonds. The number of anilines is 2. The molecular formula is C16H17NO3. The summed E-state index contributed by atoms with van der Waals surface area (Å²) in [5.41, 5.74) is 2.01. The normalized spacial score (nSPS) is 13.8. The van der Waals surface area contributed by atoms with Gasteiger partial charge in [-0.3, -0.25) is 0 Å². The quantitative estimate of drug-likeness (QED) is 0.796. The molecule has 0 bridgehead atoms. The lowest BCUT2D eigenvalue weighted by Crippen LogP contribution is -2.11. The molecule has 0 fully saturated rings. The topological polar surface area (TPSA) is 30.9 Å². The third-order valence-electron chi connectivity index (χ3n) is 3.35. The number of nitrogens with zero attached hydrogens (tertiary/aromatic N) is 1. The van der Waals surface area contributed by atoms with Gasteiger partial charge in [0.25, 0.3) is 0 Å². The molecule has 20 heavy (non-hydrogen) atoms. The highest BCUT2D eigenvalue weighted by molar-refractivity contribution is 5.73. The van der Waals surface area contributed by atoms with E-state index in [-0.39, 0.29) is 0 Å². The number of benzene rings is 2. The predicted octanol–water partition coefficient (Wildman–Crippen LogP) is 3.23. The minimum atomic E-state index is 0.502. The van der Waals surface area contributed by atoms with E-state index < -0.39 is 0 Å². The lowest BCUT2D eigenvalue weighted by atomic mass is 10.2. The van der Waals surface area contributed by atoms with Crippen molar-refractivity contribution in [2.45, 2.75) is 0 Å². The van der Waals surface area contributed by atoms with E-state index in [1.54, 1.807) is 7.11 Å². The molecule has 0 radical (unpaired) electrons. The monoisotopic (exact) mass is 271 g/mol. The molecular weight excluding hydrogens is 254 g/mol. The molecule has 1 aliphatic rings. The van der Waals surface area contributed by atoms with Crippen molar-refractivity contribution in [2.24, 2.45) is 0 Å². The van der Waals surface area contributed by atoms with Gasteiger partial charge in [-0.05, 0) is 24.3 Å². The van der Waals surface area contributed by atoms with Crippen molar-refractivity contribution in [1.29, 1.82) is 0 Å². The summed E-state index contributed by atoms with van der Waals surface area (Å²) in [7, 11) is 3.65. The molecule has 4 heteroatoms. The van der Waals surface area contributed by atoms with Crippen LogP contribution in [-0.4, -0.2) is 27.4 Å². The van der Waals surface area contributed by atoms with Crippen LogP contribution in [0.25, 0.3) is 0 Å². The van der Waals surface area contributed by atoms with Crippen molar-refractivity contribution in [3.8, 4) is 17.2 Å². The SMILES string of the molecule is COc1ccc2c(c1)OCCOc1ccccc1N2C. The molecule has 3 rings (SSSR count). The zero-order valence-corrected chi connectivity index (χ0v) is 11.6. The zero-order chi connectivity index (χ0) is 13.9. The van der Waals surface area contributed by atoms with Gasteiger partial charge in [0.2, 0.25) is 0 Å². The highest BCUT2D eigenvalue weighted by Crippen LogP contribution is 2.39. The molecule has 2 aromatic rings. The molecule has 2 aromatic carbocycles. The molecule has 1 aliphatic heterocycles. The Morgan fingerprint density at radius 1 is 0.950 bits per heavy atom. The lowest BCUT2D eigenvalue weighted by molar-refractivity contribution is 0.219. The maximum Gasteiger partial charge on any atom is 0.146 e. The minimum absolute atomic E-state index is 0.502. The average Bonchev–Trinajstić information content (AvgIpc) is 2.56. The summed E-state index contributed by atoms with van der Waals surface area (Å²) in [5, 5.41) is 0. The van der Waals surface area contributed by atoms with E-state index in [2.05, 4.69) is 4.90 Å². The van der Waals surface area contributed by atoms with Crippen LogP contribution in [0.15, 0.2) is 42.5 Å². The van der Waals surface area contributed by atoms with E-state index in [0.717, 1.165) is 28.6 Å². The van der Waals surface area contributed by atoms with Gasteiger partial charge in [-0.2, -0.15) is 0 Å². The second-order valence-corrected chi connectivity index (χ2v) is 4.56. The maximum absolute atomic E-state index is 5.81. The Bertz CT molecular complexity index is 612. The van der Waals surface area contributed by atoms with E-state index in [1.165, 1.54) is 0 Å². The van der Waals surface area contributed by atoms with Crippen molar-refractivity contribution >= 4 is 11.4 Å². The van der Waals surface area contributed by atoms with Crippen LogP contribution in [-0.2, 0) is 0 Å². The largest absolute Gasteiger partial charge is 0.497 e. The fraction of sp³-hybridized carbons (Fsp3) is 0.250. The molecule has 0 aliphatic carbocycles. The Labute approximate surface area is 118 Å². The van der Waals surface area contributed by atoms with Crippen molar-refractivity contribution in [1.82, 2.24) is 0 Å². The number of methoxy groups -OCH3 is 1. The van der Waals surface area contributed by atoms with E-state index in [0.29, 0.717) is 13.2 Å². The first-order valence-electron chi connectivity index (χ1n) is 6.56. The third kappa shape index (κ3) is 2.25. The van der Waals surface area contributed by atoms with Crippen molar-refractivity contribution < 1.29 is 14.2 Å². The number of hydrogen-bond acceptors (Lipinski definition) is 4. The van der Waals surface area contributed by atoms with Crippen LogP contribution >= 0.6 is 0 Å². The average molecular weight is 271 g/mol. The summed E-state index contributed by atoms with van der Waals surface area (Å²) < 4.78 is 16.8. The Morgan fingerprint density at radius 3 is 2.45 bits per heavy atom. The van der Waals surface area contributed by atoms with Crippen molar-refractivity contribution in [3.63, 3.8) is 0 Å². The number of fused-ring (bicyclic) bond motifs is 2. The van der Waals surface area contributed by atoms with Gasteiger partial charge in [-0.1, -0.05) is 12.1 Å². The summed E-state index contributed by atoms with van der Waals surface area (Å²) >= 11 is 0. The van der Waals surface area contributed by atoms with Gasteiger partial charge < -0.3 is 19.1 Å². The molecule has 0 spiro atoms. The van der Waals surface area contributed by atoms with Crippen LogP contribution in [0.4, 0.5) is 11.4 Å². The first kappa shape index (κ1) is 12.7. The molecule has 0 unspecified atom stereocenters. The molecule has 0 atom stereocenters. The van der Waals surface area contributed by atoms with E-state index >= 15 is 0 Å². The fourth-order valence-electron chi connectivity index (χ4n) is 2.30. The van der Waals surface area contributed by atoms with Gasteiger partial charge in [0.1, 0.15) is 30.5 Å². The molecule has 104 valence electrons. The summed E-state index contributed by atoms with van der Waals surface area (Å²) in [5.74, 6) is 2.44. The first-order chi connectivity index (χ1) is 9.79. The van der Waals surface area contributed by atoms with Crippen LogP contribution in [0.5, 0.6) is 17.2 Å². The number of para-hydroxylation sites is 2. The molecule has 0 N–H and O–H groups in total. The summed E-state index contributed by atoms with van der Waals surface area (Å²) in [6.45, 7) is 1.02. The van der Waals surface area contributed by atoms with Crippen LogP contribution in [0.3, 0.4) is 0 Å².